The van der Waals surface area contributed by atoms with Crippen LogP contribution in [0.1, 0.15) is 56.9 Å². The average Bonchev–Trinajstić information content (AvgIpc) is 2.58. The largest absolute Gasteiger partial charge is 0.328 e. The van der Waals surface area contributed by atoms with Gasteiger partial charge >= 0.3 is 0 Å². The second-order valence-corrected chi connectivity index (χ2v) is 7.36. The summed E-state index contributed by atoms with van der Waals surface area (Å²) in [7, 11) is 0. The van der Waals surface area contributed by atoms with Gasteiger partial charge in [0.25, 0.3) is 0 Å². The van der Waals surface area contributed by atoms with Gasteiger partial charge in [0.1, 0.15) is 0 Å². The van der Waals surface area contributed by atoms with Crippen molar-refractivity contribution in [2.45, 2.75) is 69.9 Å². The molecule has 1 aliphatic heterocycles. The summed E-state index contributed by atoms with van der Waals surface area (Å²) in [5.74, 6) is 0.876. The van der Waals surface area contributed by atoms with Crippen molar-refractivity contribution in [1.82, 2.24) is 4.90 Å². The molecule has 1 atom stereocenters. The van der Waals surface area contributed by atoms with Gasteiger partial charge in [-0.25, -0.2) is 0 Å². The van der Waals surface area contributed by atoms with E-state index in [-0.39, 0.29) is 0 Å². The van der Waals surface area contributed by atoms with Crippen LogP contribution in [0.25, 0.3) is 0 Å². The van der Waals surface area contributed by atoms with Gasteiger partial charge in [-0.3, -0.25) is 0 Å². The van der Waals surface area contributed by atoms with Gasteiger partial charge in [0, 0.05) is 12.1 Å². The van der Waals surface area contributed by atoms with Crippen LogP contribution in [0.2, 0.25) is 0 Å². The van der Waals surface area contributed by atoms with Gasteiger partial charge < -0.3 is 10.6 Å². The highest BCUT2D eigenvalue weighted by Gasteiger charge is 2.30. The van der Waals surface area contributed by atoms with Crippen molar-refractivity contribution >= 4 is 0 Å². The first-order valence-corrected chi connectivity index (χ1v) is 9.36. The molecule has 1 aromatic rings. The van der Waals surface area contributed by atoms with Crippen LogP contribution in [0, 0.1) is 5.92 Å². The van der Waals surface area contributed by atoms with Crippen molar-refractivity contribution in [3.05, 3.63) is 35.9 Å². The number of nitrogens with two attached hydrogens (primary N) is 1. The normalized spacial score (nSPS) is 28.4. The summed E-state index contributed by atoms with van der Waals surface area (Å²) in [6.45, 7) is 2.64. The Balaban J connectivity index is 1.62. The number of aryl methyl sites for hydroxylation is 1. The zero-order chi connectivity index (χ0) is 15.2. The molecule has 0 bridgehead atoms. The van der Waals surface area contributed by atoms with E-state index in [1.165, 1.54) is 76.4 Å². The highest BCUT2D eigenvalue weighted by atomic mass is 15.2. The molecule has 1 unspecified atom stereocenters. The predicted molar refractivity (Wildman–Crippen MR) is 93.9 cm³/mol. The molecule has 3 rings (SSSR count). The minimum absolute atomic E-state index is 0.465. The molecule has 0 aromatic heterocycles. The number of piperidine rings is 1. The van der Waals surface area contributed by atoms with Crippen LogP contribution in [0.5, 0.6) is 0 Å². The van der Waals surface area contributed by atoms with Gasteiger partial charge in [-0.05, 0) is 75.9 Å². The highest BCUT2D eigenvalue weighted by molar-refractivity contribution is 5.15. The van der Waals surface area contributed by atoms with E-state index in [4.69, 9.17) is 5.73 Å². The molecular weight excluding hydrogens is 268 g/mol. The number of hydrogen-bond acceptors (Lipinski definition) is 2. The van der Waals surface area contributed by atoms with E-state index in [1.807, 2.05) is 0 Å². The molecule has 2 aliphatic rings. The van der Waals surface area contributed by atoms with Crippen LogP contribution in [0.3, 0.4) is 0 Å². The molecule has 2 fully saturated rings. The fourth-order valence-corrected chi connectivity index (χ4v) is 4.46. The molecule has 22 heavy (non-hydrogen) atoms. The van der Waals surface area contributed by atoms with Crippen molar-refractivity contribution < 1.29 is 0 Å². The van der Waals surface area contributed by atoms with Crippen LogP contribution < -0.4 is 5.73 Å². The minimum atomic E-state index is 0.465. The molecule has 122 valence electrons. The zero-order valence-electron chi connectivity index (χ0n) is 13.9. The first kappa shape index (κ1) is 16.0. The van der Waals surface area contributed by atoms with Gasteiger partial charge in [0.05, 0.1) is 0 Å². The van der Waals surface area contributed by atoms with Gasteiger partial charge in [0.15, 0.2) is 0 Å². The number of likely N-dealkylation sites (tertiary alicyclic amines) is 1. The second kappa shape index (κ2) is 8.12. The van der Waals surface area contributed by atoms with Crippen LogP contribution in [-0.2, 0) is 6.42 Å². The zero-order valence-corrected chi connectivity index (χ0v) is 13.9. The third kappa shape index (κ3) is 4.33. The van der Waals surface area contributed by atoms with Crippen molar-refractivity contribution in [3.8, 4) is 0 Å². The third-order valence-electron chi connectivity index (χ3n) is 5.79. The Morgan fingerprint density at radius 2 is 1.64 bits per heavy atom. The SMILES string of the molecule is NC1CCC(C(CCc2ccccc2)N2CCCCC2)CC1. The standard InChI is InChI=1S/C20H32N2/c21-19-12-10-18(11-13-19)20(22-15-5-2-6-16-22)14-9-17-7-3-1-4-8-17/h1,3-4,7-8,18-20H,2,5-6,9-16,21H2. The van der Waals surface area contributed by atoms with Crippen molar-refractivity contribution in [3.63, 3.8) is 0 Å². The molecule has 1 heterocycles. The van der Waals surface area contributed by atoms with E-state index in [1.54, 1.807) is 0 Å². The van der Waals surface area contributed by atoms with Crippen LogP contribution in [-0.4, -0.2) is 30.1 Å². The van der Waals surface area contributed by atoms with E-state index in [0.29, 0.717) is 6.04 Å². The maximum atomic E-state index is 6.13. The fourth-order valence-electron chi connectivity index (χ4n) is 4.46. The lowest BCUT2D eigenvalue weighted by molar-refractivity contribution is 0.0876. The molecule has 0 amide bonds. The maximum absolute atomic E-state index is 6.13. The van der Waals surface area contributed by atoms with Crippen molar-refractivity contribution in [1.29, 1.82) is 0 Å². The van der Waals surface area contributed by atoms with Gasteiger partial charge in [-0.1, -0.05) is 36.8 Å². The van der Waals surface area contributed by atoms with E-state index in [9.17, 15) is 0 Å². The lowest BCUT2D eigenvalue weighted by atomic mass is 9.79. The summed E-state index contributed by atoms with van der Waals surface area (Å²) in [5, 5.41) is 0. The van der Waals surface area contributed by atoms with Crippen LogP contribution >= 0.6 is 0 Å². The Hall–Kier alpha value is -0.860. The van der Waals surface area contributed by atoms with Crippen LogP contribution in [0.4, 0.5) is 0 Å². The molecule has 1 aliphatic carbocycles. The maximum Gasteiger partial charge on any atom is 0.0127 e. The fraction of sp³-hybridized carbons (Fsp3) is 0.700. The van der Waals surface area contributed by atoms with E-state index < -0.39 is 0 Å². The summed E-state index contributed by atoms with van der Waals surface area (Å²) in [6.07, 6.45) is 11.9. The molecule has 1 aromatic carbocycles. The quantitative estimate of drug-likeness (QED) is 0.891. The monoisotopic (exact) mass is 300 g/mol. The highest BCUT2D eigenvalue weighted by Crippen LogP contribution is 2.32. The molecule has 0 radical (unpaired) electrons. The van der Waals surface area contributed by atoms with Crippen molar-refractivity contribution in [2.24, 2.45) is 11.7 Å². The molecule has 2 heteroatoms. The minimum Gasteiger partial charge on any atom is -0.328 e. The Bertz CT molecular complexity index is 417. The van der Waals surface area contributed by atoms with Crippen LogP contribution in [0.15, 0.2) is 30.3 Å². The molecule has 2 nitrogen and oxygen atoms in total. The summed E-state index contributed by atoms with van der Waals surface area (Å²) >= 11 is 0. The number of nitrogens with zero attached hydrogens (tertiary/aromatic N) is 1. The Morgan fingerprint density at radius 3 is 2.32 bits per heavy atom. The summed E-state index contributed by atoms with van der Waals surface area (Å²) in [4.78, 5) is 2.81. The number of rotatable bonds is 5. The second-order valence-electron chi connectivity index (χ2n) is 7.36. The number of hydrogen-bond donors (Lipinski definition) is 1. The van der Waals surface area contributed by atoms with E-state index in [2.05, 4.69) is 35.2 Å². The smallest absolute Gasteiger partial charge is 0.0127 e. The molecule has 1 saturated heterocycles. The first-order valence-electron chi connectivity index (χ1n) is 9.36. The lowest BCUT2D eigenvalue weighted by Crippen LogP contribution is -2.45. The third-order valence-corrected chi connectivity index (χ3v) is 5.79. The van der Waals surface area contributed by atoms with E-state index in [0.717, 1.165) is 12.0 Å². The summed E-state index contributed by atoms with van der Waals surface area (Å²) in [6, 6.07) is 12.3. The average molecular weight is 300 g/mol. The number of benzene rings is 1. The summed E-state index contributed by atoms with van der Waals surface area (Å²) in [5.41, 5.74) is 7.62. The van der Waals surface area contributed by atoms with Crippen molar-refractivity contribution in [2.75, 3.05) is 13.1 Å². The Labute approximate surface area is 136 Å². The van der Waals surface area contributed by atoms with Gasteiger partial charge in [0.2, 0.25) is 0 Å². The first-order chi connectivity index (χ1) is 10.8. The predicted octanol–water partition coefficient (Wildman–Crippen LogP) is 3.99. The molecule has 1 saturated carbocycles. The Morgan fingerprint density at radius 1 is 0.955 bits per heavy atom. The summed E-state index contributed by atoms with van der Waals surface area (Å²) < 4.78 is 0. The van der Waals surface area contributed by atoms with Gasteiger partial charge in [-0.15, -0.1) is 0 Å². The lowest BCUT2D eigenvalue weighted by Gasteiger charge is -2.41. The molecular formula is C20H32N2. The molecule has 0 spiro atoms. The topological polar surface area (TPSA) is 29.3 Å². The Kier molecular flexibility index (Phi) is 5.91. The molecule has 2 N–H and O–H groups in total. The van der Waals surface area contributed by atoms with Gasteiger partial charge in [-0.2, -0.15) is 0 Å². The van der Waals surface area contributed by atoms with E-state index >= 15 is 0 Å².